The van der Waals surface area contributed by atoms with Crippen LogP contribution in [0.15, 0.2) is 48.5 Å². The van der Waals surface area contributed by atoms with Crippen LogP contribution < -0.4 is 5.32 Å². The van der Waals surface area contributed by atoms with Crippen LogP contribution in [0, 0.1) is 5.82 Å². The molecule has 3 aromatic rings. The van der Waals surface area contributed by atoms with Crippen LogP contribution in [0.4, 0.5) is 4.39 Å². The molecule has 0 aliphatic heterocycles. The van der Waals surface area contributed by atoms with Gasteiger partial charge in [-0.05, 0) is 35.4 Å². The van der Waals surface area contributed by atoms with Gasteiger partial charge in [-0.3, -0.25) is 4.79 Å². The molecule has 3 nitrogen and oxygen atoms in total. The molecule has 0 radical (unpaired) electrons. The standard InChI is InChI=1S/C16H13FN2O/c1-18-16(20)15-9-12-3-2-11(8-14(12)19-15)10-4-6-13(17)7-5-10/h2-9,19H,1H3,(H,18,20). The number of carbonyl (C=O) groups is 1. The summed E-state index contributed by atoms with van der Waals surface area (Å²) < 4.78 is 12.9. The number of rotatable bonds is 2. The number of halogens is 1. The number of fused-ring (bicyclic) bond motifs is 1. The number of aromatic amines is 1. The van der Waals surface area contributed by atoms with E-state index in [0.29, 0.717) is 5.69 Å². The zero-order valence-electron chi connectivity index (χ0n) is 10.9. The SMILES string of the molecule is CNC(=O)c1cc2ccc(-c3ccc(F)cc3)cc2[nH]1. The predicted molar refractivity (Wildman–Crippen MR) is 77.1 cm³/mol. The van der Waals surface area contributed by atoms with Crippen molar-refractivity contribution < 1.29 is 9.18 Å². The van der Waals surface area contributed by atoms with Crippen molar-refractivity contribution in [1.82, 2.24) is 10.3 Å². The van der Waals surface area contributed by atoms with Crippen molar-refractivity contribution >= 4 is 16.8 Å². The second kappa shape index (κ2) is 4.81. The van der Waals surface area contributed by atoms with E-state index in [-0.39, 0.29) is 11.7 Å². The molecule has 4 heteroatoms. The second-order valence-electron chi connectivity index (χ2n) is 4.57. The molecule has 20 heavy (non-hydrogen) atoms. The minimum Gasteiger partial charge on any atom is -0.354 e. The Kier molecular flexibility index (Phi) is 2.99. The fourth-order valence-corrected chi connectivity index (χ4v) is 2.21. The van der Waals surface area contributed by atoms with Gasteiger partial charge in [0.1, 0.15) is 11.5 Å². The lowest BCUT2D eigenvalue weighted by atomic mass is 10.0. The molecule has 0 saturated carbocycles. The highest BCUT2D eigenvalue weighted by Crippen LogP contribution is 2.25. The Morgan fingerprint density at radius 3 is 2.45 bits per heavy atom. The van der Waals surface area contributed by atoms with Crippen LogP contribution in [0.1, 0.15) is 10.5 Å². The summed E-state index contributed by atoms with van der Waals surface area (Å²) in [5.41, 5.74) is 3.32. The highest BCUT2D eigenvalue weighted by molar-refractivity contribution is 5.98. The number of aromatic nitrogens is 1. The summed E-state index contributed by atoms with van der Waals surface area (Å²) in [5, 5.41) is 3.55. The van der Waals surface area contributed by atoms with Gasteiger partial charge < -0.3 is 10.3 Å². The molecule has 1 amide bonds. The average Bonchev–Trinajstić information content (AvgIpc) is 2.90. The Morgan fingerprint density at radius 1 is 1.05 bits per heavy atom. The van der Waals surface area contributed by atoms with Crippen LogP contribution >= 0.6 is 0 Å². The van der Waals surface area contributed by atoms with Crippen LogP contribution in [-0.2, 0) is 0 Å². The van der Waals surface area contributed by atoms with Crippen LogP contribution in [0.25, 0.3) is 22.0 Å². The maximum atomic E-state index is 12.9. The first-order valence-electron chi connectivity index (χ1n) is 6.28. The summed E-state index contributed by atoms with van der Waals surface area (Å²) in [6.07, 6.45) is 0. The second-order valence-corrected chi connectivity index (χ2v) is 4.57. The normalized spacial score (nSPS) is 10.7. The summed E-state index contributed by atoms with van der Waals surface area (Å²) in [4.78, 5) is 14.7. The predicted octanol–water partition coefficient (Wildman–Crippen LogP) is 3.33. The maximum absolute atomic E-state index is 12.9. The summed E-state index contributed by atoms with van der Waals surface area (Å²) in [6.45, 7) is 0. The van der Waals surface area contributed by atoms with E-state index in [4.69, 9.17) is 0 Å². The van der Waals surface area contributed by atoms with Gasteiger partial charge in [0.15, 0.2) is 0 Å². The number of amides is 1. The Morgan fingerprint density at radius 2 is 1.75 bits per heavy atom. The number of hydrogen-bond donors (Lipinski definition) is 2. The number of hydrogen-bond acceptors (Lipinski definition) is 1. The van der Waals surface area contributed by atoms with Crippen molar-refractivity contribution in [2.45, 2.75) is 0 Å². The first-order chi connectivity index (χ1) is 9.67. The molecule has 2 aromatic carbocycles. The number of benzene rings is 2. The molecule has 0 atom stereocenters. The number of carbonyl (C=O) groups excluding carboxylic acids is 1. The van der Waals surface area contributed by atoms with Gasteiger partial charge in [-0.15, -0.1) is 0 Å². The quantitative estimate of drug-likeness (QED) is 0.735. The molecular formula is C16H13FN2O. The van der Waals surface area contributed by atoms with Crippen molar-refractivity contribution in [3.8, 4) is 11.1 Å². The zero-order chi connectivity index (χ0) is 14.1. The summed E-state index contributed by atoms with van der Waals surface area (Å²) in [5.74, 6) is -0.402. The fraction of sp³-hybridized carbons (Fsp3) is 0.0625. The van der Waals surface area contributed by atoms with Gasteiger partial charge in [0.05, 0.1) is 0 Å². The highest BCUT2D eigenvalue weighted by Gasteiger charge is 2.08. The third-order valence-electron chi connectivity index (χ3n) is 3.27. The summed E-state index contributed by atoms with van der Waals surface area (Å²) in [6, 6.07) is 14.0. The molecule has 0 saturated heterocycles. The van der Waals surface area contributed by atoms with Gasteiger partial charge in [0.2, 0.25) is 0 Å². The van der Waals surface area contributed by atoms with Gasteiger partial charge in [-0.25, -0.2) is 4.39 Å². The van der Waals surface area contributed by atoms with E-state index in [2.05, 4.69) is 10.3 Å². The van der Waals surface area contributed by atoms with Crippen LogP contribution in [-0.4, -0.2) is 17.9 Å². The number of nitrogens with one attached hydrogen (secondary N) is 2. The number of H-pyrrole nitrogens is 1. The van der Waals surface area contributed by atoms with Gasteiger partial charge in [-0.1, -0.05) is 24.3 Å². The lowest BCUT2D eigenvalue weighted by molar-refractivity contribution is 0.0959. The zero-order valence-corrected chi connectivity index (χ0v) is 10.9. The van der Waals surface area contributed by atoms with E-state index in [1.165, 1.54) is 12.1 Å². The molecule has 1 heterocycles. The smallest absolute Gasteiger partial charge is 0.267 e. The Balaban J connectivity index is 2.06. The van der Waals surface area contributed by atoms with Crippen molar-refractivity contribution in [2.75, 3.05) is 7.05 Å². The molecule has 0 unspecified atom stereocenters. The van der Waals surface area contributed by atoms with Crippen molar-refractivity contribution in [3.63, 3.8) is 0 Å². The van der Waals surface area contributed by atoms with Gasteiger partial charge in [0.25, 0.3) is 5.91 Å². The molecular weight excluding hydrogens is 255 g/mol. The molecule has 0 fully saturated rings. The molecule has 100 valence electrons. The topological polar surface area (TPSA) is 44.9 Å². The van der Waals surface area contributed by atoms with Crippen molar-refractivity contribution in [3.05, 3.63) is 60.0 Å². The highest BCUT2D eigenvalue weighted by atomic mass is 19.1. The maximum Gasteiger partial charge on any atom is 0.267 e. The molecule has 0 spiro atoms. The van der Waals surface area contributed by atoms with Crippen LogP contribution in [0.3, 0.4) is 0 Å². The van der Waals surface area contributed by atoms with Gasteiger partial charge in [-0.2, -0.15) is 0 Å². The largest absolute Gasteiger partial charge is 0.354 e. The van der Waals surface area contributed by atoms with E-state index in [1.54, 1.807) is 19.2 Å². The van der Waals surface area contributed by atoms with E-state index in [9.17, 15) is 9.18 Å². The minimum atomic E-state index is -0.253. The Labute approximate surface area is 115 Å². The fourth-order valence-electron chi connectivity index (χ4n) is 2.21. The monoisotopic (exact) mass is 268 g/mol. The Hall–Kier alpha value is -2.62. The first kappa shape index (κ1) is 12.4. The molecule has 0 bridgehead atoms. The molecule has 0 aliphatic carbocycles. The summed E-state index contributed by atoms with van der Waals surface area (Å²) in [7, 11) is 1.60. The van der Waals surface area contributed by atoms with E-state index in [0.717, 1.165) is 22.0 Å². The molecule has 3 rings (SSSR count). The van der Waals surface area contributed by atoms with Crippen molar-refractivity contribution in [2.24, 2.45) is 0 Å². The molecule has 1 aromatic heterocycles. The van der Waals surface area contributed by atoms with Gasteiger partial charge >= 0.3 is 0 Å². The third kappa shape index (κ3) is 2.16. The van der Waals surface area contributed by atoms with Crippen molar-refractivity contribution in [1.29, 1.82) is 0 Å². The first-order valence-corrected chi connectivity index (χ1v) is 6.28. The average molecular weight is 268 g/mol. The van der Waals surface area contributed by atoms with E-state index in [1.807, 2.05) is 24.3 Å². The third-order valence-corrected chi connectivity index (χ3v) is 3.27. The van der Waals surface area contributed by atoms with E-state index >= 15 is 0 Å². The molecule has 0 aliphatic rings. The Bertz CT molecular complexity index is 775. The van der Waals surface area contributed by atoms with E-state index < -0.39 is 0 Å². The van der Waals surface area contributed by atoms with Crippen LogP contribution in [0.5, 0.6) is 0 Å². The minimum absolute atomic E-state index is 0.149. The molecule has 2 N–H and O–H groups in total. The lowest BCUT2D eigenvalue weighted by Crippen LogP contribution is -2.17. The lowest BCUT2D eigenvalue weighted by Gasteiger charge is -2.01. The summed E-state index contributed by atoms with van der Waals surface area (Å²) >= 11 is 0. The van der Waals surface area contributed by atoms with Crippen LogP contribution in [0.2, 0.25) is 0 Å². The van der Waals surface area contributed by atoms with Gasteiger partial charge in [0, 0.05) is 18.0 Å².